The Balaban J connectivity index is 1.92. The van der Waals surface area contributed by atoms with Crippen molar-refractivity contribution in [3.05, 3.63) is 57.8 Å². The van der Waals surface area contributed by atoms with Crippen molar-refractivity contribution >= 4 is 21.6 Å². The Labute approximate surface area is 118 Å². The molecule has 1 heterocycles. The average molecular weight is 325 g/mol. The van der Waals surface area contributed by atoms with Crippen molar-refractivity contribution in [3.8, 4) is 0 Å². The zero-order chi connectivity index (χ0) is 13.4. The number of aryl methyl sites for hydroxylation is 1. The third kappa shape index (κ3) is 2.34. The summed E-state index contributed by atoms with van der Waals surface area (Å²) in [4.78, 5) is 4.34. The second-order valence-corrected chi connectivity index (χ2v) is 5.38. The van der Waals surface area contributed by atoms with Crippen LogP contribution in [-0.2, 0) is 6.42 Å². The number of hydrogen-bond donors (Lipinski definition) is 1. The molecule has 1 aliphatic carbocycles. The van der Waals surface area contributed by atoms with Gasteiger partial charge < -0.3 is 5.32 Å². The van der Waals surface area contributed by atoms with Crippen molar-refractivity contribution in [1.82, 2.24) is 4.98 Å². The molecule has 1 aliphatic rings. The number of nitrogens with zero attached hydrogens (tertiary/aromatic N) is 1. The molecule has 0 saturated heterocycles. The lowest BCUT2D eigenvalue weighted by Gasteiger charge is -2.16. The monoisotopic (exact) mass is 324 g/mol. The van der Waals surface area contributed by atoms with E-state index in [2.05, 4.69) is 26.2 Å². The van der Waals surface area contributed by atoms with Gasteiger partial charge in [-0.1, -0.05) is 6.07 Å². The topological polar surface area (TPSA) is 24.9 Å². The Hall–Kier alpha value is -1.49. The largest absolute Gasteiger partial charge is 0.373 e. The predicted molar refractivity (Wildman–Crippen MR) is 73.0 cm³/mol. The van der Waals surface area contributed by atoms with Crippen LogP contribution >= 0.6 is 15.9 Å². The van der Waals surface area contributed by atoms with Crippen molar-refractivity contribution in [1.29, 1.82) is 0 Å². The fourth-order valence-corrected chi connectivity index (χ4v) is 2.93. The van der Waals surface area contributed by atoms with E-state index in [1.807, 2.05) is 12.1 Å². The van der Waals surface area contributed by atoms with Gasteiger partial charge in [-0.15, -0.1) is 0 Å². The van der Waals surface area contributed by atoms with Crippen molar-refractivity contribution in [2.75, 3.05) is 5.32 Å². The zero-order valence-corrected chi connectivity index (χ0v) is 11.5. The van der Waals surface area contributed by atoms with E-state index in [1.165, 1.54) is 11.6 Å². The summed E-state index contributed by atoms with van der Waals surface area (Å²) in [7, 11) is 0. The van der Waals surface area contributed by atoms with Gasteiger partial charge in [0.25, 0.3) is 0 Å². The van der Waals surface area contributed by atoms with E-state index in [9.17, 15) is 8.78 Å². The van der Waals surface area contributed by atoms with Crippen LogP contribution in [-0.4, -0.2) is 4.98 Å². The minimum Gasteiger partial charge on any atom is -0.373 e. The van der Waals surface area contributed by atoms with Gasteiger partial charge in [0.15, 0.2) is 0 Å². The molecule has 5 heteroatoms. The number of benzene rings is 1. The summed E-state index contributed by atoms with van der Waals surface area (Å²) in [6.45, 7) is 0. The van der Waals surface area contributed by atoms with E-state index in [0.717, 1.165) is 24.6 Å². The van der Waals surface area contributed by atoms with Gasteiger partial charge in [0, 0.05) is 16.7 Å². The van der Waals surface area contributed by atoms with Crippen molar-refractivity contribution in [3.63, 3.8) is 0 Å². The third-order valence-corrected chi connectivity index (χ3v) is 3.91. The van der Waals surface area contributed by atoms with Crippen LogP contribution < -0.4 is 5.32 Å². The van der Waals surface area contributed by atoms with Gasteiger partial charge in [-0.05, 0) is 46.5 Å². The van der Waals surface area contributed by atoms with Gasteiger partial charge in [-0.25, -0.2) is 8.78 Å². The highest BCUT2D eigenvalue weighted by molar-refractivity contribution is 9.10. The molecular weight excluding hydrogens is 314 g/mol. The Morgan fingerprint density at radius 1 is 1.32 bits per heavy atom. The minimum absolute atomic E-state index is 0.0348. The van der Waals surface area contributed by atoms with Gasteiger partial charge in [-0.3, -0.25) is 4.98 Å². The summed E-state index contributed by atoms with van der Waals surface area (Å²) in [6, 6.07) is 6.02. The maximum atomic E-state index is 13.8. The van der Waals surface area contributed by atoms with Crippen LogP contribution in [0.3, 0.4) is 0 Å². The minimum atomic E-state index is -0.601. The summed E-state index contributed by atoms with van der Waals surface area (Å²) in [5.41, 5.74) is 2.40. The van der Waals surface area contributed by atoms with Crippen molar-refractivity contribution in [2.45, 2.75) is 18.9 Å². The van der Waals surface area contributed by atoms with Gasteiger partial charge in [0.05, 0.1) is 17.4 Å². The molecular formula is C14H11BrF2N2. The van der Waals surface area contributed by atoms with Crippen LogP contribution in [0.4, 0.5) is 14.5 Å². The van der Waals surface area contributed by atoms with E-state index in [-0.39, 0.29) is 11.7 Å². The summed E-state index contributed by atoms with van der Waals surface area (Å²) < 4.78 is 27.2. The summed E-state index contributed by atoms with van der Waals surface area (Å²) in [5, 5.41) is 3.11. The van der Waals surface area contributed by atoms with Crippen LogP contribution in [0.2, 0.25) is 0 Å². The Bertz CT molecular complexity index is 608. The smallest absolute Gasteiger partial charge is 0.150 e. The molecule has 0 amide bonds. The first-order chi connectivity index (χ1) is 9.15. The lowest BCUT2D eigenvalue weighted by Crippen LogP contribution is -2.10. The number of halogens is 3. The first kappa shape index (κ1) is 12.5. The van der Waals surface area contributed by atoms with Crippen molar-refractivity contribution in [2.24, 2.45) is 0 Å². The molecule has 98 valence electrons. The molecule has 2 aromatic rings. The van der Waals surface area contributed by atoms with Gasteiger partial charge in [0.1, 0.15) is 11.6 Å². The highest BCUT2D eigenvalue weighted by Crippen LogP contribution is 2.35. The van der Waals surface area contributed by atoms with Crippen LogP contribution in [0.15, 0.2) is 34.9 Å². The number of fused-ring (bicyclic) bond motifs is 1. The molecule has 0 aliphatic heterocycles. The molecule has 0 saturated carbocycles. The van der Waals surface area contributed by atoms with Crippen molar-refractivity contribution < 1.29 is 8.78 Å². The Morgan fingerprint density at radius 3 is 2.95 bits per heavy atom. The normalized spacial score (nSPS) is 17.3. The highest BCUT2D eigenvalue weighted by atomic mass is 79.9. The quantitative estimate of drug-likeness (QED) is 0.894. The van der Waals surface area contributed by atoms with Gasteiger partial charge in [0.2, 0.25) is 0 Å². The highest BCUT2D eigenvalue weighted by Gasteiger charge is 2.25. The average Bonchev–Trinajstić information content (AvgIpc) is 2.77. The van der Waals surface area contributed by atoms with E-state index in [1.54, 1.807) is 6.20 Å². The number of rotatable bonds is 2. The van der Waals surface area contributed by atoms with Crippen LogP contribution in [0, 0.1) is 11.6 Å². The third-order valence-electron chi connectivity index (χ3n) is 3.28. The maximum Gasteiger partial charge on any atom is 0.150 e. The van der Waals surface area contributed by atoms with E-state index in [0.29, 0.717) is 4.47 Å². The fourth-order valence-electron chi connectivity index (χ4n) is 2.41. The number of nitrogens with one attached hydrogen (secondary N) is 1. The number of hydrogen-bond acceptors (Lipinski definition) is 2. The lowest BCUT2D eigenvalue weighted by atomic mass is 10.2. The fraction of sp³-hybridized carbons (Fsp3) is 0.214. The molecule has 1 atom stereocenters. The number of pyridine rings is 1. The molecule has 1 N–H and O–H groups in total. The van der Waals surface area contributed by atoms with Crippen LogP contribution in [0.25, 0.3) is 0 Å². The van der Waals surface area contributed by atoms with E-state index >= 15 is 0 Å². The predicted octanol–water partition coefficient (Wildman–Crippen LogP) is 4.22. The van der Waals surface area contributed by atoms with Crippen LogP contribution in [0.1, 0.15) is 23.7 Å². The summed E-state index contributed by atoms with van der Waals surface area (Å²) >= 11 is 3.18. The molecule has 1 aromatic heterocycles. The first-order valence-electron chi connectivity index (χ1n) is 6.00. The van der Waals surface area contributed by atoms with E-state index in [4.69, 9.17) is 0 Å². The molecule has 2 nitrogen and oxygen atoms in total. The summed E-state index contributed by atoms with van der Waals surface area (Å²) in [5.74, 6) is -1.20. The molecule has 0 spiro atoms. The molecule has 0 radical (unpaired) electrons. The second kappa shape index (κ2) is 4.89. The molecule has 1 unspecified atom stereocenters. The molecule has 0 bridgehead atoms. The SMILES string of the molecule is Fc1cc(F)c(NC2CCc3cccnc32)c(Br)c1. The molecule has 3 rings (SSSR count). The molecule has 19 heavy (non-hydrogen) atoms. The second-order valence-electron chi connectivity index (χ2n) is 4.53. The molecule has 1 aromatic carbocycles. The molecule has 0 fully saturated rings. The number of anilines is 1. The van der Waals surface area contributed by atoms with Crippen LogP contribution in [0.5, 0.6) is 0 Å². The standard InChI is InChI=1S/C14H11BrF2N2/c15-10-6-9(16)7-11(17)14(10)19-12-4-3-8-2-1-5-18-13(8)12/h1-2,5-7,12,19H,3-4H2. The summed E-state index contributed by atoms with van der Waals surface area (Å²) in [6.07, 6.45) is 3.51. The Morgan fingerprint density at radius 2 is 2.16 bits per heavy atom. The lowest BCUT2D eigenvalue weighted by molar-refractivity contribution is 0.581. The van der Waals surface area contributed by atoms with Gasteiger partial charge in [-0.2, -0.15) is 0 Å². The zero-order valence-electron chi connectivity index (χ0n) is 9.96. The number of aromatic nitrogens is 1. The van der Waals surface area contributed by atoms with E-state index < -0.39 is 11.6 Å². The first-order valence-corrected chi connectivity index (χ1v) is 6.79. The maximum absolute atomic E-state index is 13.8. The Kier molecular flexibility index (Phi) is 3.22. The van der Waals surface area contributed by atoms with Gasteiger partial charge >= 0.3 is 0 Å².